The Morgan fingerprint density at radius 2 is 1.48 bits per heavy atom. The van der Waals surface area contributed by atoms with Gasteiger partial charge in [0.25, 0.3) is 0 Å². The summed E-state index contributed by atoms with van der Waals surface area (Å²) in [6, 6.07) is -1.59. The van der Waals surface area contributed by atoms with Crippen molar-refractivity contribution in [2.75, 3.05) is 31.2 Å². The van der Waals surface area contributed by atoms with Crippen molar-refractivity contribution >= 4 is 74.6 Å². The van der Waals surface area contributed by atoms with Crippen molar-refractivity contribution in [3.63, 3.8) is 0 Å². The average Bonchev–Trinajstić information content (AvgIpc) is 2.86. The van der Waals surface area contributed by atoms with Crippen molar-refractivity contribution in [1.82, 2.24) is 16.0 Å². The van der Waals surface area contributed by atoms with E-state index in [1.807, 2.05) is 13.8 Å². The molecule has 0 spiro atoms. The number of hydrogen-bond donors (Lipinski definition) is 4. The van der Waals surface area contributed by atoms with Gasteiger partial charge in [-0.15, -0.1) is 0 Å². The first-order valence-electron chi connectivity index (χ1n) is 13.5. The first-order valence-corrected chi connectivity index (χ1v) is 15.6. The van der Waals surface area contributed by atoms with Gasteiger partial charge >= 0.3 is 0 Å². The van der Waals surface area contributed by atoms with E-state index in [0.717, 1.165) is 19.1 Å². The fourth-order valence-electron chi connectivity index (χ4n) is 3.48. The number of carbonyl (C=O) groups excluding carboxylic acids is 6. The van der Waals surface area contributed by atoms with Crippen LogP contribution >= 0.6 is 23.5 Å². The first-order chi connectivity index (χ1) is 18.6. The third kappa shape index (κ3) is 13.7. The van der Waals surface area contributed by atoms with Crippen LogP contribution in [0.25, 0.3) is 0 Å². The third-order valence-electron chi connectivity index (χ3n) is 6.40. The minimum Gasteiger partial charge on any atom is -0.374 e. The molecule has 15 heteroatoms. The fourth-order valence-corrected chi connectivity index (χ4v) is 6.54. The normalized spacial score (nSPS) is 18.5. The van der Waals surface area contributed by atoms with Crippen LogP contribution in [0.5, 0.6) is 0 Å². The highest BCUT2D eigenvalue weighted by Crippen LogP contribution is 2.40. The Balaban J connectivity index is 2.72. The molecular weight excluding hydrogens is 554 g/mol. The van der Waals surface area contributed by atoms with Crippen molar-refractivity contribution in [1.29, 1.82) is 0 Å². The Labute approximate surface area is 247 Å². The molecule has 4 unspecified atom stereocenters. The van der Waals surface area contributed by atoms with Gasteiger partial charge in [-0.3, -0.25) is 14.4 Å². The Bertz CT molecular complexity index is 924. The smallest absolute Gasteiger partial charge is 0.243 e. The fraction of sp³-hybridized carbons (Fsp3) is 0.760. The number of ether oxygens (including phenoxy) is 1. The van der Waals surface area contributed by atoms with E-state index in [9.17, 15) is 28.8 Å². The topological polar surface area (TPSA) is 174 Å². The lowest BCUT2D eigenvalue weighted by Crippen LogP contribution is -2.54. The average molecular weight is 598 g/mol. The Hall–Kier alpha value is -1.83. The molecule has 1 aliphatic rings. The largest absolute Gasteiger partial charge is 0.374 e. The van der Waals surface area contributed by atoms with Crippen molar-refractivity contribution < 1.29 is 33.5 Å². The van der Waals surface area contributed by atoms with E-state index in [1.165, 1.54) is 15.7 Å². The second-order valence-electron chi connectivity index (χ2n) is 11.4. The molecule has 0 aromatic rings. The van der Waals surface area contributed by atoms with Gasteiger partial charge in [0, 0.05) is 28.4 Å². The molecule has 1 aliphatic carbocycles. The number of thioether (sulfide) groups is 2. The predicted octanol–water partition coefficient (Wildman–Crippen LogP) is -1.85. The zero-order valence-electron chi connectivity index (χ0n) is 24.5. The van der Waals surface area contributed by atoms with Crippen LogP contribution in [0.4, 0.5) is 0 Å². The van der Waals surface area contributed by atoms with Crippen LogP contribution in [0, 0.1) is 5.41 Å². The van der Waals surface area contributed by atoms with Gasteiger partial charge in [0.1, 0.15) is 23.7 Å². The molecule has 0 bridgehead atoms. The highest BCUT2D eigenvalue weighted by Gasteiger charge is 2.37. The molecule has 0 heterocycles. The van der Waals surface area contributed by atoms with E-state index < -0.39 is 29.0 Å². The van der Waals surface area contributed by atoms with Crippen LogP contribution in [0.15, 0.2) is 0 Å². The molecule has 0 saturated heterocycles. The maximum absolute atomic E-state index is 13.2. The molecular formula is C25H44B2N4O7S2. The van der Waals surface area contributed by atoms with Crippen LogP contribution in [0.1, 0.15) is 53.4 Å². The van der Waals surface area contributed by atoms with E-state index in [-0.39, 0.29) is 53.4 Å². The van der Waals surface area contributed by atoms with Gasteiger partial charge in [-0.1, -0.05) is 0 Å². The zero-order chi connectivity index (χ0) is 30.5. The molecule has 0 aliphatic heterocycles. The van der Waals surface area contributed by atoms with Crippen LogP contribution in [-0.4, -0.2) is 110 Å². The Kier molecular flexibility index (Phi) is 15.6. The number of rotatable bonds is 20. The van der Waals surface area contributed by atoms with E-state index in [2.05, 4.69) is 16.0 Å². The molecule has 1 fully saturated rings. The molecule has 4 atom stereocenters. The number of nitrogens with two attached hydrogens (primary N) is 1. The molecule has 0 aromatic heterocycles. The number of carbonyl (C=O) groups is 6. The summed E-state index contributed by atoms with van der Waals surface area (Å²) in [5, 5.41) is 8.41. The lowest BCUT2D eigenvalue weighted by Gasteiger charge is -2.37. The van der Waals surface area contributed by atoms with E-state index in [0.29, 0.717) is 24.3 Å². The van der Waals surface area contributed by atoms with Crippen molar-refractivity contribution in [2.24, 2.45) is 11.1 Å². The SMILES string of the molecule is BC(=O)CNC(=O)C(N)CSC1CCC1SCC(NC(=O)C(C)(C)COC(C)(C)CCC=O)C(=O)NCC(B)=O. The molecule has 1 rings (SSSR count). The molecule has 40 heavy (non-hydrogen) atoms. The van der Waals surface area contributed by atoms with Gasteiger partial charge < -0.3 is 40.8 Å². The summed E-state index contributed by atoms with van der Waals surface area (Å²) in [5.74, 6) is -0.447. The lowest BCUT2D eigenvalue weighted by atomic mass is 9.92. The van der Waals surface area contributed by atoms with Gasteiger partial charge in [-0.2, -0.15) is 23.5 Å². The van der Waals surface area contributed by atoms with Crippen LogP contribution < -0.4 is 21.7 Å². The first kappa shape index (κ1) is 36.2. The maximum Gasteiger partial charge on any atom is 0.243 e. The molecule has 11 nitrogen and oxygen atoms in total. The molecule has 224 valence electrons. The van der Waals surface area contributed by atoms with Crippen LogP contribution in [-0.2, 0) is 33.5 Å². The van der Waals surface area contributed by atoms with Crippen molar-refractivity contribution in [3.05, 3.63) is 0 Å². The second-order valence-corrected chi connectivity index (χ2v) is 14.0. The Morgan fingerprint density at radius 3 is 1.98 bits per heavy atom. The zero-order valence-corrected chi connectivity index (χ0v) is 26.1. The molecule has 0 radical (unpaired) electrons. The summed E-state index contributed by atoms with van der Waals surface area (Å²) >= 11 is 3.15. The Morgan fingerprint density at radius 1 is 0.950 bits per heavy atom. The van der Waals surface area contributed by atoms with Gasteiger partial charge in [-0.25, -0.2) is 0 Å². The summed E-state index contributed by atoms with van der Waals surface area (Å²) in [6.07, 6.45) is 3.59. The summed E-state index contributed by atoms with van der Waals surface area (Å²) < 4.78 is 5.94. The maximum atomic E-state index is 13.2. The highest BCUT2D eigenvalue weighted by atomic mass is 32.2. The number of nitrogens with one attached hydrogen (secondary N) is 3. The van der Waals surface area contributed by atoms with Gasteiger partial charge in [-0.05, 0) is 47.0 Å². The third-order valence-corrected chi connectivity index (χ3v) is 9.64. The van der Waals surface area contributed by atoms with Gasteiger partial charge in [0.2, 0.25) is 17.7 Å². The molecule has 1 saturated carbocycles. The number of hydrogen-bond acceptors (Lipinski definition) is 10. The van der Waals surface area contributed by atoms with Gasteiger partial charge in [0.05, 0.1) is 36.8 Å². The van der Waals surface area contributed by atoms with Gasteiger partial charge in [0.15, 0.2) is 15.7 Å². The molecule has 5 N–H and O–H groups in total. The quantitative estimate of drug-likeness (QED) is 0.0921. The minimum absolute atomic E-state index is 0.0429. The predicted molar refractivity (Wildman–Crippen MR) is 164 cm³/mol. The minimum atomic E-state index is -0.948. The number of aldehydes is 1. The van der Waals surface area contributed by atoms with Crippen LogP contribution in [0.2, 0.25) is 0 Å². The van der Waals surface area contributed by atoms with E-state index in [1.54, 1.807) is 37.4 Å². The second kappa shape index (κ2) is 17.2. The standard InChI is InChI=1S/C25H44B2N4O7S2/c1-24(2,14-38-25(3,4)8-5-9-32)23(37)31-16(22(36)30-11-20(27)34)13-40-18-7-6-17(18)39-12-15(28)21(35)29-10-19(26)33/h9,15-18H,5-8,10-14,26-28H2,1-4H3,(H,29,35)(H,30,36)(H,31,37). The number of amides is 3. The highest BCUT2D eigenvalue weighted by molar-refractivity contribution is 8.04. The molecule has 0 aromatic carbocycles. The monoisotopic (exact) mass is 598 g/mol. The summed E-state index contributed by atoms with van der Waals surface area (Å²) in [4.78, 5) is 71.3. The van der Waals surface area contributed by atoms with Crippen molar-refractivity contribution in [2.45, 2.75) is 81.6 Å². The van der Waals surface area contributed by atoms with E-state index in [4.69, 9.17) is 10.5 Å². The summed E-state index contributed by atoms with van der Waals surface area (Å²) in [6.45, 7) is 7.10. The van der Waals surface area contributed by atoms with Crippen LogP contribution in [0.3, 0.4) is 0 Å². The molecule has 3 amide bonds. The lowest BCUT2D eigenvalue weighted by molar-refractivity contribution is -0.140. The summed E-state index contributed by atoms with van der Waals surface area (Å²) in [7, 11) is 2.76. The van der Waals surface area contributed by atoms with E-state index >= 15 is 0 Å². The van der Waals surface area contributed by atoms with Crippen molar-refractivity contribution in [3.8, 4) is 0 Å². The summed E-state index contributed by atoms with van der Waals surface area (Å²) in [5.41, 5.74) is 4.09.